The van der Waals surface area contributed by atoms with Crippen molar-refractivity contribution in [3.63, 3.8) is 0 Å². The number of furan rings is 1. The van der Waals surface area contributed by atoms with Gasteiger partial charge in [0.2, 0.25) is 5.91 Å². The van der Waals surface area contributed by atoms with Crippen molar-refractivity contribution in [2.24, 2.45) is 18.0 Å². The van der Waals surface area contributed by atoms with Crippen molar-refractivity contribution in [2.45, 2.75) is 12.8 Å². The average Bonchev–Trinajstić information content (AvgIpc) is 3.47. The summed E-state index contributed by atoms with van der Waals surface area (Å²) in [6, 6.07) is 3.85. The largest absolute Gasteiger partial charge is 0.469 e. The third kappa shape index (κ3) is 4.97. The average molecular weight is 400 g/mol. The number of carbonyl (C=O) groups is 1. The van der Waals surface area contributed by atoms with Crippen LogP contribution in [0.25, 0.3) is 0 Å². The second-order valence-corrected chi connectivity index (χ2v) is 7.49. The highest BCUT2D eigenvalue weighted by Gasteiger charge is 2.28. The Hall–Kier alpha value is -2.81. The maximum atomic E-state index is 12.8. The van der Waals surface area contributed by atoms with Gasteiger partial charge in [0.15, 0.2) is 5.96 Å². The number of nitrogens with zero attached hydrogens (tertiary/aromatic N) is 5. The normalized spacial score (nSPS) is 20.5. The quantitative estimate of drug-likeness (QED) is 0.572. The van der Waals surface area contributed by atoms with Gasteiger partial charge in [0.05, 0.1) is 24.8 Å². The van der Waals surface area contributed by atoms with Crippen LogP contribution in [0, 0.1) is 5.92 Å². The molecule has 0 radical (unpaired) electrons. The lowest BCUT2D eigenvalue weighted by molar-refractivity contribution is -0.120. The van der Waals surface area contributed by atoms with Crippen molar-refractivity contribution in [1.29, 1.82) is 0 Å². The molecule has 1 amide bonds. The van der Waals surface area contributed by atoms with Crippen LogP contribution in [-0.2, 0) is 23.0 Å². The minimum Gasteiger partial charge on any atom is -0.469 e. The highest BCUT2D eigenvalue weighted by atomic mass is 16.5. The van der Waals surface area contributed by atoms with Crippen LogP contribution < -0.4 is 10.2 Å². The second kappa shape index (κ2) is 9.13. The molecule has 2 aromatic heterocycles. The number of piperazine rings is 1. The molecule has 1 unspecified atom stereocenters. The first-order chi connectivity index (χ1) is 14.2. The van der Waals surface area contributed by atoms with E-state index in [-0.39, 0.29) is 5.91 Å². The van der Waals surface area contributed by atoms with Gasteiger partial charge >= 0.3 is 0 Å². The lowest BCUT2D eigenvalue weighted by Gasteiger charge is -2.35. The topological polar surface area (TPSA) is 88.1 Å². The lowest BCUT2D eigenvalue weighted by atomic mass is 10.1. The van der Waals surface area contributed by atoms with E-state index in [9.17, 15) is 4.79 Å². The minimum atomic E-state index is 0.0500. The molecule has 4 rings (SSSR count). The molecule has 0 aromatic carbocycles. The summed E-state index contributed by atoms with van der Waals surface area (Å²) in [6.45, 7) is 4.60. The van der Waals surface area contributed by atoms with E-state index in [1.807, 2.05) is 30.3 Å². The molecule has 1 N–H and O–H groups in total. The molecule has 0 aliphatic carbocycles. The molecule has 2 aromatic rings. The summed E-state index contributed by atoms with van der Waals surface area (Å²) in [6.07, 6.45) is 7.08. The molecule has 2 saturated heterocycles. The Kier molecular flexibility index (Phi) is 6.14. The van der Waals surface area contributed by atoms with Crippen molar-refractivity contribution in [1.82, 2.24) is 20.0 Å². The monoisotopic (exact) mass is 400 g/mol. The number of hydrogen-bond donors (Lipinski definition) is 1. The molecule has 2 aliphatic rings. The number of hydrogen-bond acceptors (Lipinski definition) is 5. The molecule has 0 saturated carbocycles. The van der Waals surface area contributed by atoms with Crippen LogP contribution in [0.1, 0.15) is 12.2 Å². The lowest BCUT2D eigenvalue weighted by Crippen LogP contribution is -2.55. The van der Waals surface area contributed by atoms with Gasteiger partial charge in [0, 0.05) is 58.4 Å². The highest BCUT2D eigenvalue weighted by Crippen LogP contribution is 2.17. The second-order valence-electron chi connectivity index (χ2n) is 7.49. The van der Waals surface area contributed by atoms with Crippen molar-refractivity contribution in [3.8, 4) is 0 Å². The van der Waals surface area contributed by atoms with E-state index < -0.39 is 0 Å². The number of anilines is 1. The Bertz CT molecular complexity index is 825. The molecule has 1 atom stereocenters. The summed E-state index contributed by atoms with van der Waals surface area (Å²) >= 11 is 0. The van der Waals surface area contributed by atoms with Crippen LogP contribution in [-0.4, -0.2) is 72.5 Å². The van der Waals surface area contributed by atoms with Crippen LogP contribution in [0.15, 0.2) is 40.2 Å². The number of amides is 1. The Morgan fingerprint density at radius 1 is 1.41 bits per heavy atom. The number of guanidine groups is 1. The number of carbonyl (C=O) groups excluding carboxylic acids is 1. The number of aliphatic imine (C=N–C) groups is 1. The molecule has 29 heavy (non-hydrogen) atoms. The van der Waals surface area contributed by atoms with Crippen LogP contribution >= 0.6 is 0 Å². The van der Waals surface area contributed by atoms with Gasteiger partial charge in [-0.15, -0.1) is 0 Å². The van der Waals surface area contributed by atoms with Gasteiger partial charge < -0.3 is 24.3 Å². The minimum absolute atomic E-state index is 0.0500. The fourth-order valence-corrected chi connectivity index (χ4v) is 3.64. The van der Waals surface area contributed by atoms with Gasteiger partial charge in [-0.25, -0.2) is 0 Å². The molecule has 9 heteroatoms. The van der Waals surface area contributed by atoms with Crippen LogP contribution in [0.5, 0.6) is 0 Å². The van der Waals surface area contributed by atoms with Crippen molar-refractivity contribution in [2.75, 3.05) is 50.8 Å². The highest BCUT2D eigenvalue weighted by molar-refractivity contribution is 5.98. The predicted octanol–water partition coefficient (Wildman–Crippen LogP) is 0.887. The summed E-state index contributed by atoms with van der Waals surface area (Å²) in [5.74, 6) is 2.21. The third-order valence-electron chi connectivity index (χ3n) is 5.28. The smallest absolute Gasteiger partial charge is 0.246 e. The maximum absolute atomic E-state index is 12.8. The molecule has 4 heterocycles. The fraction of sp³-hybridized carbons (Fsp3) is 0.550. The molecule has 2 aliphatic heterocycles. The summed E-state index contributed by atoms with van der Waals surface area (Å²) < 4.78 is 12.6. The summed E-state index contributed by atoms with van der Waals surface area (Å²) in [7, 11) is 1.85. The fourth-order valence-electron chi connectivity index (χ4n) is 3.64. The Morgan fingerprint density at radius 2 is 2.34 bits per heavy atom. The van der Waals surface area contributed by atoms with E-state index in [1.165, 1.54) is 0 Å². The van der Waals surface area contributed by atoms with E-state index >= 15 is 0 Å². The zero-order valence-electron chi connectivity index (χ0n) is 16.8. The molecule has 0 spiro atoms. The number of rotatable bonds is 6. The Morgan fingerprint density at radius 3 is 3.03 bits per heavy atom. The van der Waals surface area contributed by atoms with Gasteiger partial charge in [0.25, 0.3) is 0 Å². The van der Waals surface area contributed by atoms with Crippen LogP contribution in [0.3, 0.4) is 0 Å². The first-order valence-electron chi connectivity index (χ1n) is 10.1. The van der Waals surface area contributed by atoms with Crippen molar-refractivity contribution >= 4 is 17.6 Å². The first-order valence-corrected chi connectivity index (χ1v) is 10.1. The van der Waals surface area contributed by atoms with Crippen molar-refractivity contribution in [3.05, 3.63) is 36.5 Å². The van der Waals surface area contributed by atoms with E-state index in [0.29, 0.717) is 38.6 Å². The zero-order valence-corrected chi connectivity index (χ0v) is 16.8. The standard InChI is InChI=1S/C20H28N6O3/c1-24-13-17(12-23-24)26-8-7-25(14-19(26)27)20(22-11-16-5-10-28-15-16)21-6-4-18-3-2-9-29-18/h2-3,9,12-13,16H,4-8,10-11,14-15H2,1H3,(H,21,22). The first kappa shape index (κ1) is 19.5. The molecular formula is C20H28N6O3. The number of aryl methyl sites for hydroxylation is 1. The molecule has 156 valence electrons. The number of nitrogens with one attached hydrogen (secondary N) is 1. The number of aromatic nitrogens is 2. The zero-order chi connectivity index (χ0) is 20.1. The summed E-state index contributed by atoms with van der Waals surface area (Å²) in [4.78, 5) is 21.4. The van der Waals surface area contributed by atoms with E-state index in [4.69, 9.17) is 14.1 Å². The number of ether oxygens (including phenoxy) is 1. The van der Waals surface area contributed by atoms with Gasteiger partial charge in [-0.3, -0.25) is 14.5 Å². The van der Waals surface area contributed by atoms with Gasteiger partial charge in [-0.2, -0.15) is 5.10 Å². The molecule has 9 nitrogen and oxygen atoms in total. The summed E-state index contributed by atoms with van der Waals surface area (Å²) in [5.41, 5.74) is 0.838. The molecule has 0 bridgehead atoms. The van der Waals surface area contributed by atoms with Crippen LogP contribution in [0.2, 0.25) is 0 Å². The Labute approximate surface area is 170 Å². The molecular weight excluding hydrogens is 372 g/mol. The maximum Gasteiger partial charge on any atom is 0.246 e. The Balaban J connectivity index is 1.39. The van der Waals surface area contributed by atoms with Gasteiger partial charge in [0.1, 0.15) is 12.3 Å². The van der Waals surface area contributed by atoms with Gasteiger partial charge in [-0.1, -0.05) is 0 Å². The van der Waals surface area contributed by atoms with E-state index in [2.05, 4.69) is 10.4 Å². The predicted molar refractivity (Wildman–Crippen MR) is 109 cm³/mol. The van der Waals surface area contributed by atoms with Crippen LogP contribution in [0.4, 0.5) is 5.69 Å². The molecule has 2 fully saturated rings. The van der Waals surface area contributed by atoms with Gasteiger partial charge in [-0.05, 0) is 18.6 Å². The summed E-state index contributed by atoms with van der Waals surface area (Å²) in [5, 5.41) is 7.59. The van der Waals surface area contributed by atoms with E-state index in [0.717, 1.165) is 43.5 Å². The SMILES string of the molecule is Cn1cc(N2CCN(C(=NCC3CCOC3)NCCc3ccco3)CC2=O)cn1. The van der Waals surface area contributed by atoms with E-state index in [1.54, 1.807) is 22.0 Å². The third-order valence-corrected chi connectivity index (χ3v) is 5.28. The van der Waals surface area contributed by atoms with Crippen molar-refractivity contribution < 1.29 is 13.9 Å².